The normalized spacial score (nSPS) is 15.7. The Labute approximate surface area is 157 Å². The van der Waals surface area contributed by atoms with Gasteiger partial charge >= 0.3 is 5.97 Å². The van der Waals surface area contributed by atoms with E-state index in [1.165, 1.54) is 18.6 Å². The molecule has 2 aromatic carbocycles. The lowest BCUT2D eigenvalue weighted by atomic mass is 10.0. The molecule has 0 amide bonds. The van der Waals surface area contributed by atoms with Gasteiger partial charge in [0.2, 0.25) is 5.78 Å². The number of carbonyl (C=O) groups excluding carboxylic acids is 2. The minimum Gasteiger partial charge on any atom is -0.452 e. The van der Waals surface area contributed by atoms with Crippen molar-refractivity contribution in [3.63, 3.8) is 0 Å². The number of hydrogen-bond donors (Lipinski definition) is 0. The Morgan fingerprint density at radius 2 is 1.81 bits per heavy atom. The first kappa shape index (κ1) is 18.2. The number of hydrogen-bond acceptors (Lipinski definition) is 4. The lowest BCUT2D eigenvalue weighted by Gasteiger charge is -2.06. The first-order valence-electron chi connectivity index (χ1n) is 8.39. The molecule has 0 spiro atoms. The zero-order valence-corrected chi connectivity index (χ0v) is 15.5. The van der Waals surface area contributed by atoms with Crippen LogP contribution < -0.4 is 9.47 Å². The van der Waals surface area contributed by atoms with Crippen LogP contribution in [0.15, 0.2) is 48.2 Å². The summed E-state index contributed by atoms with van der Waals surface area (Å²) in [6.45, 7) is 5.79. The van der Waals surface area contributed by atoms with Crippen LogP contribution in [-0.2, 0) is 4.79 Å². The van der Waals surface area contributed by atoms with Crippen molar-refractivity contribution >= 4 is 29.4 Å². The molecule has 134 valence electrons. The summed E-state index contributed by atoms with van der Waals surface area (Å²) in [4.78, 5) is 24.1. The molecule has 0 radical (unpaired) electrons. The molecule has 26 heavy (non-hydrogen) atoms. The Balaban J connectivity index is 1.81. The topological polar surface area (TPSA) is 52.6 Å². The molecule has 0 N–H and O–H groups in total. The van der Waals surface area contributed by atoms with Crippen LogP contribution in [0.2, 0.25) is 0 Å². The van der Waals surface area contributed by atoms with Gasteiger partial charge in [-0.1, -0.05) is 38.1 Å². The molecule has 5 heteroatoms. The number of ether oxygens (including phenoxy) is 2. The van der Waals surface area contributed by atoms with Gasteiger partial charge in [0.25, 0.3) is 0 Å². The van der Waals surface area contributed by atoms with E-state index < -0.39 is 11.3 Å². The summed E-state index contributed by atoms with van der Waals surface area (Å²) in [5.74, 6) is 0.589. The van der Waals surface area contributed by atoms with Gasteiger partial charge in [-0.25, -0.2) is 0 Å². The van der Waals surface area contributed by atoms with Crippen molar-refractivity contribution in [2.75, 3.05) is 0 Å². The van der Waals surface area contributed by atoms with Gasteiger partial charge < -0.3 is 9.47 Å². The zero-order valence-electron chi connectivity index (χ0n) is 14.8. The van der Waals surface area contributed by atoms with E-state index in [1.807, 2.05) is 24.3 Å². The van der Waals surface area contributed by atoms with Crippen LogP contribution in [-0.4, -0.2) is 17.1 Å². The molecule has 0 aromatic heterocycles. The fourth-order valence-corrected chi connectivity index (χ4v) is 2.60. The highest BCUT2D eigenvalue weighted by molar-refractivity contribution is 6.29. The van der Waals surface area contributed by atoms with E-state index in [0.29, 0.717) is 17.2 Å². The number of alkyl halides is 1. The summed E-state index contributed by atoms with van der Waals surface area (Å²) in [5, 5.41) is -0.755. The maximum Gasteiger partial charge on any atom is 0.329 e. The SMILES string of the molecule is CC(Cl)C(=O)Oc1ccc2c(c1)O/C(=C\c1ccc(C(C)C)cc1)C2=O. The van der Waals surface area contributed by atoms with Crippen molar-refractivity contribution in [1.29, 1.82) is 0 Å². The number of fused-ring (bicyclic) bond motifs is 1. The van der Waals surface area contributed by atoms with Gasteiger partial charge in [0.1, 0.15) is 16.9 Å². The number of ketones is 1. The zero-order chi connectivity index (χ0) is 18.8. The molecule has 1 aliphatic heterocycles. The summed E-state index contributed by atoms with van der Waals surface area (Å²) < 4.78 is 10.8. The van der Waals surface area contributed by atoms with Crippen molar-refractivity contribution in [2.45, 2.75) is 32.1 Å². The second kappa shape index (κ2) is 7.34. The lowest BCUT2D eigenvalue weighted by Crippen LogP contribution is -2.17. The van der Waals surface area contributed by atoms with Crippen molar-refractivity contribution in [3.8, 4) is 11.5 Å². The highest BCUT2D eigenvalue weighted by Crippen LogP contribution is 2.35. The predicted molar refractivity (Wildman–Crippen MR) is 101 cm³/mol. The van der Waals surface area contributed by atoms with Crippen LogP contribution in [0, 0.1) is 0 Å². The van der Waals surface area contributed by atoms with Crippen molar-refractivity contribution in [2.24, 2.45) is 0 Å². The van der Waals surface area contributed by atoms with Gasteiger partial charge in [0, 0.05) is 6.07 Å². The molecule has 2 aromatic rings. The number of allylic oxidation sites excluding steroid dienone is 1. The van der Waals surface area contributed by atoms with Crippen LogP contribution in [0.1, 0.15) is 48.2 Å². The third-order valence-corrected chi connectivity index (χ3v) is 4.26. The highest BCUT2D eigenvalue weighted by Gasteiger charge is 2.28. The number of rotatable bonds is 4. The van der Waals surface area contributed by atoms with Gasteiger partial charge in [-0.2, -0.15) is 0 Å². The Hall–Kier alpha value is -2.59. The van der Waals surface area contributed by atoms with Gasteiger partial charge in [-0.3, -0.25) is 9.59 Å². The second-order valence-corrected chi connectivity index (χ2v) is 7.11. The molecule has 1 heterocycles. The monoisotopic (exact) mass is 370 g/mol. The quantitative estimate of drug-likeness (QED) is 0.330. The lowest BCUT2D eigenvalue weighted by molar-refractivity contribution is -0.133. The van der Waals surface area contributed by atoms with Gasteiger partial charge in [0.15, 0.2) is 5.76 Å². The molecule has 0 aliphatic carbocycles. The smallest absolute Gasteiger partial charge is 0.329 e. The maximum absolute atomic E-state index is 12.5. The first-order chi connectivity index (χ1) is 12.3. The molecule has 0 fully saturated rings. The second-order valence-electron chi connectivity index (χ2n) is 6.46. The minimum atomic E-state index is -0.755. The molecule has 4 nitrogen and oxygen atoms in total. The third-order valence-electron chi connectivity index (χ3n) is 4.09. The van der Waals surface area contributed by atoms with E-state index in [4.69, 9.17) is 21.1 Å². The summed E-state index contributed by atoms with van der Waals surface area (Å²) >= 11 is 5.69. The highest BCUT2D eigenvalue weighted by atomic mass is 35.5. The van der Waals surface area contributed by atoms with Crippen molar-refractivity contribution in [1.82, 2.24) is 0 Å². The fourth-order valence-electron chi connectivity index (χ4n) is 2.56. The van der Waals surface area contributed by atoms with Gasteiger partial charge in [-0.05, 0) is 42.2 Å². The molecule has 1 aliphatic rings. The molecule has 3 rings (SSSR count). The largest absolute Gasteiger partial charge is 0.452 e. The van der Waals surface area contributed by atoms with E-state index in [2.05, 4.69) is 13.8 Å². The number of esters is 1. The average Bonchev–Trinajstić information content (AvgIpc) is 2.90. The Morgan fingerprint density at radius 3 is 2.42 bits per heavy atom. The van der Waals surface area contributed by atoms with Crippen molar-refractivity contribution < 1.29 is 19.1 Å². The van der Waals surface area contributed by atoms with E-state index in [-0.39, 0.29) is 17.3 Å². The standard InChI is InChI=1S/C21H19ClO4/c1-12(2)15-6-4-14(5-7-15)10-19-20(23)17-9-8-16(11-18(17)26-19)25-21(24)13(3)22/h4-13H,1-3H3/b19-10-. The van der Waals surface area contributed by atoms with Crippen LogP contribution >= 0.6 is 11.6 Å². The van der Waals surface area contributed by atoms with E-state index in [1.54, 1.807) is 18.2 Å². The Kier molecular flexibility index (Phi) is 5.14. The summed E-state index contributed by atoms with van der Waals surface area (Å²) in [5.41, 5.74) is 2.55. The Bertz CT molecular complexity index is 879. The fraction of sp³-hybridized carbons (Fsp3) is 0.238. The average molecular weight is 371 g/mol. The van der Waals surface area contributed by atoms with Gasteiger partial charge in [-0.15, -0.1) is 11.6 Å². The molecule has 1 unspecified atom stereocenters. The van der Waals surface area contributed by atoms with Crippen LogP contribution in [0.4, 0.5) is 0 Å². The van der Waals surface area contributed by atoms with Gasteiger partial charge in [0.05, 0.1) is 5.56 Å². The molecular formula is C21H19ClO4. The first-order valence-corrected chi connectivity index (χ1v) is 8.83. The molecule has 0 bridgehead atoms. The van der Waals surface area contributed by atoms with E-state index in [9.17, 15) is 9.59 Å². The minimum absolute atomic E-state index is 0.198. The molecule has 1 atom stereocenters. The molecular weight excluding hydrogens is 352 g/mol. The third kappa shape index (κ3) is 3.81. The molecule has 0 saturated heterocycles. The number of carbonyl (C=O) groups is 2. The predicted octanol–water partition coefficient (Wildman–Crippen LogP) is 4.96. The summed E-state index contributed by atoms with van der Waals surface area (Å²) in [6.07, 6.45) is 1.71. The van der Waals surface area contributed by atoms with E-state index >= 15 is 0 Å². The number of Topliss-reactive ketones (excluding diaryl/α,β-unsaturated/α-hetero) is 1. The van der Waals surface area contributed by atoms with Crippen LogP contribution in [0.25, 0.3) is 6.08 Å². The van der Waals surface area contributed by atoms with Crippen LogP contribution in [0.5, 0.6) is 11.5 Å². The van der Waals surface area contributed by atoms with E-state index in [0.717, 1.165) is 5.56 Å². The Morgan fingerprint density at radius 1 is 1.12 bits per heavy atom. The van der Waals surface area contributed by atoms with Crippen molar-refractivity contribution in [3.05, 3.63) is 64.9 Å². The number of benzene rings is 2. The maximum atomic E-state index is 12.5. The summed E-state index contributed by atoms with van der Waals surface area (Å²) in [7, 11) is 0. The molecule has 0 saturated carbocycles. The number of halogens is 1. The summed E-state index contributed by atoms with van der Waals surface area (Å²) in [6, 6.07) is 12.6. The van der Waals surface area contributed by atoms with Crippen LogP contribution in [0.3, 0.4) is 0 Å².